The van der Waals surface area contributed by atoms with Crippen molar-refractivity contribution >= 4 is 28.8 Å². The minimum Gasteiger partial charge on any atom is -0.372 e. The van der Waals surface area contributed by atoms with Crippen LogP contribution in [0, 0.1) is 23.7 Å². The van der Waals surface area contributed by atoms with Gasteiger partial charge in [0.1, 0.15) is 10.1 Å². The van der Waals surface area contributed by atoms with Gasteiger partial charge in [0.25, 0.3) is 0 Å². The number of nitrogens with zero attached hydrogens (tertiary/aromatic N) is 1. The van der Waals surface area contributed by atoms with Gasteiger partial charge in [0.05, 0.1) is 5.69 Å². The molecule has 1 N–H and O–H groups in total. The molecule has 4 bridgehead atoms. The van der Waals surface area contributed by atoms with Crippen molar-refractivity contribution in [3.63, 3.8) is 0 Å². The summed E-state index contributed by atoms with van der Waals surface area (Å²) >= 11 is 12.2. The van der Waals surface area contributed by atoms with Gasteiger partial charge in [-0.3, -0.25) is 0 Å². The number of hydrogen-bond acceptors (Lipinski definition) is 2. The summed E-state index contributed by atoms with van der Waals surface area (Å²) in [7, 11) is 0. The van der Waals surface area contributed by atoms with Crippen LogP contribution in [0.25, 0.3) is 0 Å². The molecule has 5 aliphatic rings. The van der Waals surface area contributed by atoms with Gasteiger partial charge < -0.3 is 5.32 Å². The van der Waals surface area contributed by atoms with E-state index in [2.05, 4.69) is 11.4 Å². The Kier molecular flexibility index (Phi) is 4.73. The third kappa shape index (κ3) is 3.20. The van der Waals surface area contributed by atoms with E-state index in [1.165, 1.54) is 64.2 Å². The smallest absolute Gasteiger partial charge is 0.129 e. The van der Waals surface area contributed by atoms with Gasteiger partial charge in [-0.25, -0.2) is 4.98 Å². The van der Waals surface area contributed by atoms with Crippen LogP contribution in [0.4, 0.5) is 0 Å². The molecule has 1 aromatic rings. The highest BCUT2D eigenvalue weighted by molar-refractivity contribution is 7.80. The lowest BCUT2D eigenvalue weighted by atomic mass is 9.54. The maximum Gasteiger partial charge on any atom is 0.129 e. The van der Waals surface area contributed by atoms with Crippen LogP contribution in [0.3, 0.4) is 0 Å². The van der Waals surface area contributed by atoms with E-state index in [0.29, 0.717) is 17.1 Å². The molecule has 6 rings (SSSR count). The third-order valence-electron chi connectivity index (χ3n) is 7.65. The van der Waals surface area contributed by atoms with Gasteiger partial charge in [0.2, 0.25) is 0 Å². The number of nitrogens with one attached hydrogen (secondary N) is 1. The Labute approximate surface area is 167 Å². The number of aromatic nitrogens is 1. The van der Waals surface area contributed by atoms with Crippen molar-refractivity contribution in [1.82, 2.24) is 10.3 Å². The monoisotopic (exact) mass is 388 g/mol. The summed E-state index contributed by atoms with van der Waals surface area (Å²) in [6.45, 7) is 0. The quantitative estimate of drug-likeness (QED) is 0.517. The molecular formula is C22H29ClN2S. The maximum atomic E-state index is 6.26. The molecule has 0 atom stereocenters. The van der Waals surface area contributed by atoms with Gasteiger partial charge in [0, 0.05) is 17.5 Å². The van der Waals surface area contributed by atoms with E-state index in [9.17, 15) is 0 Å². The molecule has 1 aromatic heterocycles. The van der Waals surface area contributed by atoms with Crippen molar-refractivity contribution in [1.29, 1.82) is 0 Å². The summed E-state index contributed by atoms with van der Waals surface area (Å²) in [5.74, 6) is 4.19. The predicted molar refractivity (Wildman–Crippen MR) is 111 cm³/mol. The topological polar surface area (TPSA) is 24.9 Å². The van der Waals surface area contributed by atoms with Crippen molar-refractivity contribution in [2.24, 2.45) is 23.7 Å². The molecule has 2 nitrogen and oxygen atoms in total. The number of halogens is 1. The molecule has 5 saturated carbocycles. The van der Waals surface area contributed by atoms with Crippen LogP contribution < -0.4 is 5.32 Å². The molecule has 5 fully saturated rings. The largest absolute Gasteiger partial charge is 0.372 e. The average molecular weight is 389 g/mol. The van der Waals surface area contributed by atoms with Crippen LogP contribution in [0.2, 0.25) is 5.15 Å². The van der Waals surface area contributed by atoms with Crippen molar-refractivity contribution in [2.75, 3.05) is 0 Å². The number of hydrogen-bond donors (Lipinski definition) is 1. The average Bonchev–Trinajstić information content (AvgIpc) is 2.64. The van der Waals surface area contributed by atoms with Crippen LogP contribution in [0.15, 0.2) is 12.1 Å². The molecule has 4 heteroatoms. The van der Waals surface area contributed by atoms with E-state index in [0.717, 1.165) is 39.9 Å². The Morgan fingerprint density at radius 3 is 2.27 bits per heavy atom. The second-order valence-corrected chi connectivity index (χ2v) is 10.1. The molecule has 0 aliphatic heterocycles. The Morgan fingerprint density at radius 2 is 1.62 bits per heavy atom. The predicted octanol–water partition coefficient (Wildman–Crippen LogP) is 5.87. The SMILES string of the molecule is S=C(NC1C2CC3CC(C2)CC1C3)c1ccc(Cl)nc1C1CCCCC1. The minimum atomic E-state index is 0.524. The Hall–Kier alpha value is -0.670. The lowest BCUT2D eigenvalue weighted by Gasteiger charge is -2.54. The third-order valence-corrected chi connectivity index (χ3v) is 8.20. The van der Waals surface area contributed by atoms with E-state index in [-0.39, 0.29) is 0 Å². The number of thiocarbonyl (C=S) groups is 1. The summed E-state index contributed by atoms with van der Waals surface area (Å²) in [5.41, 5.74) is 2.30. The summed E-state index contributed by atoms with van der Waals surface area (Å²) < 4.78 is 0. The van der Waals surface area contributed by atoms with E-state index in [1.807, 2.05) is 6.07 Å². The molecule has 0 saturated heterocycles. The first-order chi connectivity index (χ1) is 12.7. The fourth-order valence-electron chi connectivity index (χ4n) is 6.72. The summed E-state index contributed by atoms with van der Waals surface area (Å²) in [6.07, 6.45) is 13.6. The van der Waals surface area contributed by atoms with Crippen LogP contribution in [0.1, 0.15) is 81.4 Å². The number of pyridine rings is 1. The van der Waals surface area contributed by atoms with Crippen molar-refractivity contribution in [2.45, 2.75) is 76.2 Å². The Morgan fingerprint density at radius 1 is 0.962 bits per heavy atom. The molecule has 0 amide bonds. The molecule has 0 radical (unpaired) electrons. The van der Waals surface area contributed by atoms with Crippen LogP contribution >= 0.6 is 23.8 Å². The second kappa shape index (κ2) is 7.05. The van der Waals surface area contributed by atoms with Crippen molar-refractivity contribution < 1.29 is 0 Å². The first-order valence-electron chi connectivity index (χ1n) is 10.6. The summed E-state index contributed by atoms with van der Waals surface area (Å²) in [6, 6.07) is 4.61. The highest BCUT2D eigenvalue weighted by Gasteiger charge is 2.48. The summed E-state index contributed by atoms with van der Waals surface area (Å²) in [5, 5.41) is 4.43. The van der Waals surface area contributed by atoms with Crippen LogP contribution in [-0.2, 0) is 0 Å². The van der Waals surface area contributed by atoms with Crippen LogP contribution in [-0.4, -0.2) is 16.0 Å². The first kappa shape index (κ1) is 17.4. The van der Waals surface area contributed by atoms with E-state index in [4.69, 9.17) is 28.8 Å². The number of rotatable bonds is 3. The standard InChI is InChI=1S/C22H29ClN2S/c23-19-7-6-18(21(24-19)15-4-2-1-3-5-15)22(26)25-20-16-9-13-8-14(11-16)12-17(20)10-13/h6-7,13-17,20H,1-5,8-12H2,(H,25,26). The summed E-state index contributed by atoms with van der Waals surface area (Å²) in [4.78, 5) is 5.66. The van der Waals surface area contributed by atoms with Gasteiger partial charge in [0.15, 0.2) is 0 Å². The molecule has 0 spiro atoms. The normalized spacial score (nSPS) is 36.3. The second-order valence-electron chi connectivity index (χ2n) is 9.33. The molecule has 26 heavy (non-hydrogen) atoms. The zero-order valence-electron chi connectivity index (χ0n) is 15.4. The van der Waals surface area contributed by atoms with Gasteiger partial charge >= 0.3 is 0 Å². The fraction of sp³-hybridized carbons (Fsp3) is 0.727. The van der Waals surface area contributed by atoms with E-state index < -0.39 is 0 Å². The lowest BCUT2D eigenvalue weighted by molar-refractivity contribution is -0.00660. The zero-order chi connectivity index (χ0) is 17.7. The molecule has 5 aliphatic carbocycles. The lowest BCUT2D eigenvalue weighted by Crippen LogP contribution is -2.55. The molecule has 0 unspecified atom stereocenters. The fourth-order valence-corrected chi connectivity index (χ4v) is 7.18. The maximum absolute atomic E-state index is 6.26. The first-order valence-corrected chi connectivity index (χ1v) is 11.4. The highest BCUT2D eigenvalue weighted by Crippen LogP contribution is 2.53. The Bertz CT molecular complexity index is 669. The molecular weight excluding hydrogens is 360 g/mol. The Balaban J connectivity index is 1.37. The van der Waals surface area contributed by atoms with Crippen LogP contribution in [0.5, 0.6) is 0 Å². The van der Waals surface area contributed by atoms with E-state index >= 15 is 0 Å². The van der Waals surface area contributed by atoms with Gasteiger partial charge in [-0.1, -0.05) is 43.1 Å². The van der Waals surface area contributed by atoms with Crippen molar-refractivity contribution in [3.05, 3.63) is 28.5 Å². The van der Waals surface area contributed by atoms with Crippen molar-refractivity contribution in [3.8, 4) is 0 Å². The minimum absolute atomic E-state index is 0.524. The van der Waals surface area contributed by atoms with Gasteiger partial charge in [-0.2, -0.15) is 0 Å². The van der Waals surface area contributed by atoms with Gasteiger partial charge in [-0.05, 0) is 80.8 Å². The van der Waals surface area contributed by atoms with E-state index in [1.54, 1.807) is 0 Å². The highest BCUT2D eigenvalue weighted by atomic mass is 35.5. The molecule has 0 aromatic carbocycles. The molecule has 1 heterocycles. The zero-order valence-corrected chi connectivity index (χ0v) is 17.0. The molecule has 140 valence electrons. The van der Waals surface area contributed by atoms with Gasteiger partial charge in [-0.15, -0.1) is 0 Å².